The van der Waals surface area contributed by atoms with Gasteiger partial charge in [-0.2, -0.15) is 0 Å². The van der Waals surface area contributed by atoms with E-state index in [0.717, 1.165) is 0 Å². The third kappa shape index (κ3) is 3.22. The molecule has 2 aliphatic carbocycles. The molecule has 0 nitrogen and oxygen atoms in total. The SMILES string of the molecule is Cc1cccc2c1C(C)(C)c1cc(-c3ccc4c(c3)C(c3ccccc3)(c3ccccc3)c3ccccc3-4)ccc1-2. The Labute approximate surface area is 243 Å². The minimum Gasteiger partial charge on any atom is -0.0622 e. The minimum atomic E-state index is -0.381. The quantitative estimate of drug-likeness (QED) is 0.216. The molecule has 0 atom stereocenters. The van der Waals surface area contributed by atoms with Gasteiger partial charge in [0.2, 0.25) is 0 Å². The zero-order chi connectivity index (χ0) is 27.8. The van der Waals surface area contributed by atoms with Crippen molar-refractivity contribution in [3.8, 4) is 33.4 Å². The molecule has 2 aliphatic rings. The molecule has 0 saturated carbocycles. The molecule has 0 saturated heterocycles. The Bertz CT molecular complexity index is 1920. The molecule has 0 unspecified atom stereocenters. The lowest BCUT2D eigenvalue weighted by atomic mass is 9.67. The van der Waals surface area contributed by atoms with Gasteiger partial charge in [-0.15, -0.1) is 0 Å². The number of benzene rings is 6. The molecule has 0 heterocycles. The van der Waals surface area contributed by atoms with Crippen LogP contribution in [0.5, 0.6) is 0 Å². The van der Waals surface area contributed by atoms with Gasteiger partial charge in [0.1, 0.15) is 0 Å². The average molecular weight is 525 g/mol. The summed E-state index contributed by atoms with van der Waals surface area (Å²) in [5.74, 6) is 0. The Kier molecular flexibility index (Phi) is 5.10. The van der Waals surface area contributed by atoms with Gasteiger partial charge in [-0.3, -0.25) is 0 Å². The zero-order valence-corrected chi connectivity index (χ0v) is 23.8. The van der Waals surface area contributed by atoms with E-state index in [0.29, 0.717) is 0 Å². The summed E-state index contributed by atoms with van der Waals surface area (Å²) in [5, 5.41) is 0. The molecule has 0 spiro atoms. The summed E-state index contributed by atoms with van der Waals surface area (Å²) >= 11 is 0. The highest BCUT2D eigenvalue weighted by molar-refractivity contribution is 5.89. The Morgan fingerprint density at radius 2 is 0.927 bits per heavy atom. The van der Waals surface area contributed by atoms with Gasteiger partial charge in [0, 0.05) is 5.41 Å². The van der Waals surface area contributed by atoms with Gasteiger partial charge in [-0.05, 0) is 91.4 Å². The molecule has 0 aliphatic heterocycles. The molecule has 0 radical (unpaired) electrons. The summed E-state index contributed by atoms with van der Waals surface area (Å²) in [4.78, 5) is 0. The highest BCUT2D eigenvalue weighted by Gasteiger charge is 2.46. The van der Waals surface area contributed by atoms with E-state index < -0.39 is 0 Å². The van der Waals surface area contributed by atoms with Crippen LogP contribution in [0.25, 0.3) is 33.4 Å². The summed E-state index contributed by atoms with van der Waals surface area (Å²) in [6.07, 6.45) is 0. The number of hydrogen-bond donors (Lipinski definition) is 0. The molecule has 0 bridgehead atoms. The second-order valence-electron chi connectivity index (χ2n) is 12.2. The fourth-order valence-corrected chi connectivity index (χ4v) is 7.96. The van der Waals surface area contributed by atoms with Gasteiger partial charge in [-0.1, -0.05) is 141 Å². The lowest BCUT2D eigenvalue weighted by Gasteiger charge is -2.34. The fraction of sp³-hybridized carbons (Fsp3) is 0.122. The largest absolute Gasteiger partial charge is 0.0713 e. The first kappa shape index (κ1) is 24.1. The monoisotopic (exact) mass is 524 g/mol. The highest BCUT2D eigenvalue weighted by atomic mass is 14.5. The van der Waals surface area contributed by atoms with Crippen LogP contribution in [0.4, 0.5) is 0 Å². The Morgan fingerprint density at radius 3 is 1.59 bits per heavy atom. The van der Waals surface area contributed by atoms with Crippen LogP contribution in [-0.2, 0) is 10.8 Å². The van der Waals surface area contributed by atoms with Gasteiger partial charge in [0.25, 0.3) is 0 Å². The van der Waals surface area contributed by atoms with Gasteiger partial charge in [0.15, 0.2) is 0 Å². The van der Waals surface area contributed by atoms with Gasteiger partial charge in [0.05, 0.1) is 5.41 Å². The maximum Gasteiger partial charge on any atom is 0.0713 e. The summed E-state index contributed by atoms with van der Waals surface area (Å²) in [7, 11) is 0. The van der Waals surface area contributed by atoms with Crippen molar-refractivity contribution in [3.05, 3.63) is 178 Å². The van der Waals surface area contributed by atoms with Crippen molar-refractivity contribution in [1.29, 1.82) is 0 Å². The Hall–Kier alpha value is -4.68. The highest BCUT2D eigenvalue weighted by Crippen LogP contribution is 2.57. The summed E-state index contributed by atoms with van der Waals surface area (Å²) in [6, 6.07) is 52.1. The lowest BCUT2D eigenvalue weighted by Crippen LogP contribution is -2.28. The van der Waals surface area contributed by atoms with E-state index in [1.54, 1.807) is 0 Å². The topological polar surface area (TPSA) is 0 Å². The van der Waals surface area contributed by atoms with E-state index in [-0.39, 0.29) is 10.8 Å². The van der Waals surface area contributed by atoms with Crippen LogP contribution < -0.4 is 0 Å². The smallest absolute Gasteiger partial charge is 0.0622 e. The first-order valence-corrected chi connectivity index (χ1v) is 14.6. The molecular weight excluding hydrogens is 492 g/mol. The molecule has 0 aromatic heterocycles. The van der Waals surface area contributed by atoms with Crippen LogP contribution in [0, 0.1) is 6.92 Å². The van der Waals surface area contributed by atoms with E-state index in [1.807, 2.05) is 0 Å². The summed E-state index contributed by atoms with van der Waals surface area (Å²) in [6.45, 7) is 7.01. The predicted octanol–water partition coefficient (Wildman–Crippen LogP) is 10.3. The molecule has 6 aromatic rings. The maximum atomic E-state index is 2.47. The first-order chi connectivity index (χ1) is 20.0. The molecule has 0 amide bonds. The molecule has 8 rings (SSSR count). The summed E-state index contributed by atoms with van der Waals surface area (Å²) < 4.78 is 0. The Morgan fingerprint density at radius 1 is 0.415 bits per heavy atom. The minimum absolute atomic E-state index is 0.0309. The van der Waals surface area contributed by atoms with Crippen LogP contribution in [0.3, 0.4) is 0 Å². The van der Waals surface area contributed by atoms with E-state index in [2.05, 4.69) is 160 Å². The number of hydrogen-bond acceptors (Lipinski definition) is 0. The molecule has 41 heavy (non-hydrogen) atoms. The molecule has 0 fully saturated rings. The fourth-order valence-electron chi connectivity index (χ4n) is 7.96. The van der Waals surface area contributed by atoms with Crippen LogP contribution in [0.1, 0.15) is 52.8 Å². The predicted molar refractivity (Wildman–Crippen MR) is 171 cm³/mol. The normalized spacial score (nSPS) is 15.1. The standard InChI is InChI=1S/C41H32/c1-27-13-12-19-35-34-24-22-28(25-37(34)40(2,3)39(27)35)29-21-23-33-32-18-10-11-20-36(32)41(38(33)26-29,30-14-6-4-7-15-30)31-16-8-5-9-17-31/h4-26H,1-3H3. The van der Waals surface area contributed by atoms with Crippen molar-refractivity contribution in [2.24, 2.45) is 0 Å². The maximum absolute atomic E-state index is 2.47. The van der Waals surface area contributed by atoms with Gasteiger partial charge >= 0.3 is 0 Å². The lowest BCUT2D eigenvalue weighted by molar-refractivity contribution is 0.656. The van der Waals surface area contributed by atoms with Crippen molar-refractivity contribution >= 4 is 0 Å². The second kappa shape index (κ2) is 8.66. The molecule has 6 aromatic carbocycles. The van der Waals surface area contributed by atoms with Crippen molar-refractivity contribution in [3.63, 3.8) is 0 Å². The number of aryl methyl sites for hydroxylation is 1. The van der Waals surface area contributed by atoms with E-state index in [9.17, 15) is 0 Å². The van der Waals surface area contributed by atoms with Crippen molar-refractivity contribution in [2.45, 2.75) is 31.6 Å². The molecule has 0 N–H and O–H groups in total. The molecular formula is C41H32. The average Bonchev–Trinajstić information content (AvgIpc) is 3.44. The zero-order valence-electron chi connectivity index (χ0n) is 23.8. The van der Waals surface area contributed by atoms with Crippen LogP contribution in [0.2, 0.25) is 0 Å². The Balaban J connectivity index is 1.38. The third-order valence-corrected chi connectivity index (χ3v) is 9.67. The van der Waals surface area contributed by atoms with Gasteiger partial charge in [-0.25, -0.2) is 0 Å². The number of rotatable bonds is 3. The molecule has 0 heteroatoms. The third-order valence-electron chi connectivity index (χ3n) is 9.67. The van der Waals surface area contributed by atoms with E-state index in [1.165, 1.54) is 72.3 Å². The van der Waals surface area contributed by atoms with E-state index >= 15 is 0 Å². The second-order valence-corrected chi connectivity index (χ2v) is 12.2. The molecule has 196 valence electrons. The van der Waals surface area contributed by atoms with Crippen molar-refractivity contribution in [1.82, 2.24) is 0 Å². The van der Waals surface area contributed by atoms with Gasteiger partial charge < -0.3 is 0 Å². The van der Waals surface area contributed by atoms with E-state index in [4.69, 9.17) is 0 Å². The van der Waals surface area contributed by atoms with Crippen molar-refractivity contribution in [2.75, 3.05) is 0 Å². The van der Waals surface area contributed by atoms with Crippen LogP contribution in [0.15, 0.2) is 140 Å². The summed E-state index contributed by atoms with van der Waals surface area (Å²) in [5.41, 5.74) is 17.1. The van der Waals surface area contributed by atoms with Crippen LogP contribution in [-0.4, -0.2) is 0 Å². The first-order valence-electron chi connectivity index (χ1n) is 14.6. The van der Waals surface area contributed by atoms with Crippen molar-refractivity contribution < 1.29 is 0 Å². The van der Waals surface area contributed by atoms with Crippen LogP contribution >= 0.6 is 0 Å². The number of fused-ring (bicyclic) bond motifs is 6.